The fraction of sp³-hybridized carbons (Fsp3) is 0.333. The molecular weight excluding hydrogens is 292 g/mol. The molecule has 2 N–H and O–H groups in total. The first-order valence-corrected chi connectivity index (χ1v) is 7.75. The van der Waals surface area contributed by atoms with Crippen LogP contribution in [0.3, 0.4) is 0 Å². The van der Waals surface area contributed by atoms with E-state index in [2.05, 4.69) is 12.2 Å². The van der Waals surface area contributed by atoms with E-state index in [0.29, 0.717) is 0 Å². The molecule has 0 spiro atoms. The second-order valence-corrected chi connectivity index (χ2v) is 5.68. The van der Waals surface area contributed by atoms with Crippen molar-refractivity contribution in [3.8, 4) is 0 Å². The summed E-state index contributed by atoms with van der Waals surface area (Å²) in [6.07, 6.45) is 1.72. The van der Waals surface area contributed by atoms with Crippen molar-refractivity contribution in [2.45, 2.75) is 31.8 Å². The summed E-state index contributed by atoms with van der Waals surface area (Å²) in [6, 6.07) is 16.7. The lowest BCUT2D eigenvalue weighted by Crippen LogP contribution is -2.33. The highest BCUT2D eigenvalue weighted by Gasteiger charge is 2.13. The molecule has 0 fully saturated rings. The molecule has 0 aliphatic rings. The smallest absolute Gasteiger partial charge is 0.269 e. The molecule has 0 bridgehead atoms. The van der Waals surface area contributed by atoms with Gasteiger partial charge in [-0.3, -0.25) is 10.1 Å². The molecule has 5 nitrogen and oxygen atoms in total. The Balaban J connectivity index is 1.86. The van der Waals surface area contributed by atoms with Crippen molar-refractivity contribution in [1.29, 1.82) is 0 Å². The third kappa shape index (κ3) is 5.16. The summed E-state index contributed by atoms with van der Waals surface area (Å²) in [4.78, 5) is 10.3. The number of benzene rings is 2. The molecule has 122 valence electrons. The van der Waals surface area contributed by atoms with E-state index in [-0.39, 0.29) is 29.3 Å². The molecule has 0 saturated carbocycles. The van der Waals surface area contributed by atoms with Gasteiger partial charge >= 0.3 is 0 Å². The normalized spacial score (nSPS) is 13.5. The van der Waals surface area contributed by atoms with Crippen molar-refractivity contribution in [1.82, 2.24) is 5.32 Å². The molecule has 0 saturated heterocycles. The Morgan fingerprint density at radius 1 is 1.13 bits per heavy atom. The molecule has 2 aromatic carbocycles. The number of rotatable bonds is 8. The molecule has 0 aliphatic heterocycles. The van der Waals surface area contributed by atoms with Gasteiger partial charge in [0.2, 0.25) is 0 Å². The predicted octanol–water partition coefficient (Wildman–Crippen LogP) is 3.24. The lowest BCUT2D eigenvalue weighted by Gasteiger charge is -2.22. The van der Waals surface area contributed by atoms with Crippen molar-refractivity contribution in [2.75, 3.05) is 6.61 Å². The summed E-state index contributed by atoms with van der Waals surface area (Å²) in [7, 11) is 0. The monoisotopic (exact) mass is 314 g/mol. The molecule has 0 aliphatic carbocycles. The average molecular weight is 314 g/mol. The number of nitro benzene ring substituents is 1. The van der Waals surface area contributed by atoms with E-state index in [9.17, 15) is 15.2 Å². The lowest BCUT2D eigenvalue weighted by atomic mass is 10.0. The first-order chi connectivity index (χ1) is 11.1. The minimum Gasteiger partial charge on any atom is -0.394 e. The van der Waals surface area contributed by atoms with Crippen molar-refractivity contribution in [3.63, 3.8) is 0 Å². The number of nitro groups is 1. The summed E-state index contributed by atoms with van der Waals surface area (Å²) in [5.41, 5.74) is 2.26. The van der Waals surface area contributed by atoms with Crippen LogP contribution in [-0.2, 0) is 6.42 Å². The van der Waals surface area contributed by atoms with Crippen molar-refractivity contribution in [3.05, 3.63) is 75.8 Å². The first-order valence-electron chi connectivity index (χ1n) is 7.75. The second kappa shape index (κ2) is 8.41. The van der Waals surface area contributed by atoms with Crippen LogP contribution in [0.5, 0.6) is 0 Å². The summed E-state index contributed by atoms with van der Waals surface area (Å²) in [5, 5.41) is 23.6. The summed E-state index contributed by atoms with van der Waals surface area (Å²) >= 11 is 0. The molecule has 0 amide bonds. The zero-order chi connectivity index (χ0) is 16.7. The van der Waals surface area contributed by atoms with Crippen LogP contribution in [0.4, 0.5) is 5.69 Å². The summed E-state index contributed by atoms with van der Waals surface area (Å²) in [6.45, 7) is 2.13. The molecule has 5 heteroatoms. The third-order valence-electron chi connectivity index (χ3n) is 3.88. The fourth-order valence-corrected chi connectivity index (χ4v) is 2.53. The average Bonchev–Trinajstić information content (AvgIpc) is 2.59. The van der Waals surface area contributed by atoms with Gasteiger partial charge < -0.3 is 10.4 Å². The van der Waals surface area contributed by atoms with Gasteiger partial charge in [-0.2, -0.15) is 0 Å². The molecule has 0 radical (unpaired) electrons. The van der Waals surface area contributed by atoms with Crippen LogP contribution < -0.4 is 5.32 Å². The van der Waals surface area contributed by atoms with Crippen molar-refractivity contribution >= 4 is 5.69 Å². The van der Waals surface area contributed by atoms with Gasteiger partial charge in [0.05, 0.1) is 17.6 Å². The maximum atomic E-state index is 10.6. The largest absolute Gasteiger partial charge is 0.394 e. The van der Waals surface area contributed by atoms with E-state index >= 15 is 0 Å². The second-order valence-electron chi connectivity index (χ2n) is 5.68. The van der Waals surface area contributed by atoms with Crippen molar-refractivity contribution < 1.29 is 10.0 Å². The molecular formula is C18H22N2O3. The quantitative estimate of drug-likeness (QED) is 0.579. The van der Waals surface area contributed by atoms with Crippen LogP contribution in [-0.4, -0.2) is 22.7 Å². The van der Waals surface area contributed by atoms with Crippen LogP contribution in [0.1, 0.15) is 30.5 Å². The highest BCUT2D eigenvalue weighted by atomic mass is 16.6. The van der Waals surface area contributed by atoms with Gasteiger partial charge in [0.25, 0.3) is 5.69 Å². The van der Waals surface area contributed by atoms with Gasteiger partial charge in [-0.25, -0.2) is 0 Å². The molecule has 2 rings (SSSR count). The number of aliphatic hydroxyl groups excluding tert-OH is 1. The molecule has 23 heavy (non-hydrogen) atoms. The number of hydrogen-bond donors (Lipinski definition) is 2. The number of aryl methyl sites for hydroxylation is 1. The van der Waals surface area contributed by atoms with E-state index in [1.54, 1.807) is 12.1 Å². The highest BCUT2D eigenvalue weighted by Crippen LogP contribution is 2.16. The van der Waals surface area contributed by atoms with E-state index in [1.165, 1.54) is 12.1 Å². The zero-order valence-corrected chi connectivity index (χ0v) is 13.2. The van der Waals surface area contributed by atoms with Crippen molar-refractivity contribution in [2.24, 2.45) is 0 Å². The minimum absolute atomic E-state index is 0.0475. The standard InChI is InChI=1S/C18H22N2O3/c1-14(19-18(13-21)16-5-3-2-4-6-16)7-8-15-9-11-17(12-10-15)20(22)23/h2-6,9-12,14,18-19,21H,7-8,13H2,1H3. The van der Waals surface area contributed by atoms with E-state index in [4.69, 9.17) is 0 Å². The Bertz CT molecular complexity index is 614. The summed E-state index contributed by atoms with van der Waals surface area (Å²) < 4.78 is 0. The maximum Gasteiger partial charge on any atom is 0.269 e. The van der Waals surface area contributed by atoms with Crippen LogP contribution >= 0.6 is 0 Å². The van der Waals surface area contributed by atoms with Crippen LogP contribution in [0.15, 0.2) is 54.6 Å². The predicted molar refractivity (Wildman–Crippen MR) is 90.3 cm³/mol. The molecule has 2 atom stereocenters. The lowest BCUT2D eigenvalue weighted by molar-refractivity contribution is -0.384. The van der Waals surface area contributed by atoms with Crippen LogP contribution in [0.25, 0.3) is 0 Å². The van der Waals surface area contributed by atoms with E-state index in [1.807, 2.05) is 30.3 Å². The summed E-state index contributed by atoms with van der Waals surface area (Å²) in [5.74, 6) is 0. The maximum absolute atomic E-state index is 10.6. The number of aliphatic hydroxyl groups is 1. The van der Waals surface area contributed by atoms with E-state index in [0.717, 1.165) is 24.0 Å². The Morgan fingerprint density at radius 3 is 2.35 bits per heavy atom. The number of non-ortho nitro benzene ring substituents is 1. The van der Waals surface area contributed by atoms with Gasteiger partial charge in [0.1, 0.15) is 0 Å². The minimum atomic E-state index is -0.389. The van der Waals surface area contributed by atoms with E-state index < -0.39 is 0 Å². The van der Waals surface area contributed by atoms with Gasteiger partial charge in [-0.1, -0.05) is 42.5 Å². The van der Waals surface area contributed by atoms with Gasteiger partial charge in [0.15, 0.2) is 0 Å². The fourth-order valence-electron chi connectivity index (χ4n) is 2.53. The molecule has 0 aromatic heterocycles. The van der Waals surface area contributed by atoms with Crippen LogP contribution in [0, 0.1) is 10.1 Å². The van der Waals surface area contributed by atoms with Gasteiger partial charge in [-0.05, 0) is 30.9 Å². The Morgan fingerprint density at radius 2 is 1.78 bits per heavy atom. The number of nitrogens with one attached hydrogen (secondary N) is 1. The number of nitrogens with zero attached hydrogens (tertiary/aromatic N) is 1. The Hall–Kier alpha value is -2.24. The van der Waals surface area contributed by atoms with Crippen LogP contribution in [0.2, 0.25) is 0 Å². The topological polar surface area (TPSA) is 75.4 Å². The first kappa shape index (κ1) is 17.1. The SMILES string of the molecule is CC(CCc1ccc([N+](=O)[O-])cc1)NC(CO)c1ccccc1. The Kier molecular flexibility index (Phi) is 6.26. The molecule has 2 aromatic rings. The van der Waals surface area contributed by atoms with Gasteiger partial charge in [-0.15, -0.1) is 0 Å². The van der Waals surface area contributed by atoms with Gasteiger partial charge in [0, 0.05) is 18.2 Å². The highest BCUT2D eigenvalue weighted by molar-refractivity contribution is 5.32. The zero-order valence-electron chi connectivity index (χ0n) is 13.2. The molecule has 0 heterocycles. The number of hydrogen-bond acceptors (Lipinski definition) is 4. The Labute approximate surface area is 136 Å². The third-order valence-corrected chi connectivity index (χ3v) is 3.88. The molecule has 2 unspecified atom stereocenters.